The summed E-state index contributed by atoms with van der Waals surface area (Å²) in [7, 11) is 0. The van der Waals surface area contributed by atoms with E-state index in [-0.39, 0.29) is 5.78 Å². The van der Waals surface area contributed by atoms with Gasteiger partial charge in [-0.15, -0.1) is 22.7 Å². The topological polar surface area (TPSA) is 198 Å². The smallest absolute Gasteiger partial charge is 0.223 e. The van der Waals surface area contributed by atoms with Crippen molar-refractivity contribution in [2.75, 3.05) is 0 Å². The second-order valence-electron chi connectivity index (χ2n) is 14.9. The van der Waals surface area contributed by atoms with E-state index in [0.717, 1.165) is 87.8 Å². The number of hydrogen-bond donors (Lipinski definition) is 3. The van der Waals surface area contributed by atoms with Crippen LogP contribution in [0.2, 0.25) is 0 Å². The van der Waals surface area contributed by atoms with Crippen LogP contribution in [0.1, 0.15) is 104 Å². The van der Waals surface area contributed by atoms with Crippen LogP contribution in [0.15, 0.2) is 74.8 Å². The number of benzene rings is 2. The molecule has 11 rings (SSSR count). The maximum atomic E-state index is 13.1. The van der Waals surface area contributed by atoms with E-state index in [4.69, 9.17) is 19.0 Å². The second kappa shape index (κ2) is 14.0. The lowest BCUT2D eigenvalue weighted by atomic mass is 9.87. The third kappa shape index (κ3) is 6.24. The summed E-state index contributed by atoms with van der Waals surface area (Å²) in [6.07, 6.45) is 9.43. The van der Waals surface area contributed by atoms with Crippen molar-refractivity contribution in [1.29, 1.82) is 0 Å². The van der Waals surface area contributed by atoms with Crippen LogP contribution in [0.5, 0.6) is 0 Å². The highest BCUT2D eigenvalue weighted by Crippen LogP contribution is 2.45. The molecule has 16 heteroatoms. The molecule has 7 aromatic heterocycles. The normalized spacial score (nSPS) is 15.1. The fraction of sp³-hybridized carbons (Fsp3) is 0.262. The van der Waals surface area contributed by atoms with Crippen molar-refractivity contribution in [1.82, 2.24) is 50.4 Å². The Kier molecular flexibility index (Phi) is 8.72. The van der Waals surface area contributed by atoms with E-state index in [2.05, 4.69) is 40.4 Å². The van der Waals surface area contributed by atoms with E-state index >= 15 is 0 Å². The zero-order valence-corrected chi connectivity index (χ0v) is 33.5. The van der Waals surface area contributed by atoms with Crippen molar-refractivity contribution in [3.8, 4) is 22.3 Å². The number of thiazole rings is 2. The lowest BCUT2D eigenvalue weighted by Gasteiger charge is -2.26. The standard InChI is InChI=1S/C23H20N6O2S.C19H16N4O2S/c1-12-19(13(2)31-29-12)15-10-16(20-17(11-15)26-21(27-20)14-5-6-14)23(30,22-24-8-9-32-22)18-4-3-7-25-28-18;1-9-15(10(2)25-23-9)12-7-13(17(24)19-20-5-6-26-19)16-14(8-12)21-18(22-16)11-3-4-11/h3-4,7-11,14,30H,5-6H2,1-2H3,(H,26,27);5-8,11H,3-4H2,1-2H3,(H,21,22). The Bertz CT molecular complexity index is 2920. The minimum Gasteiger partial charge on any atom is -0.372 e. The number of aromatic nitrogens is 10. The summed E-state index contributed by atoms with van der Waals surface area (Å²) >= 11 is 2.71. The van der Waals surface area contributed by atoms with Gasteiger partial charge in [-0.1, -0.05) is 10.3 Å². The Balaban J connectivity index is 0.000000144. The first-order valence-electron chi connectivity index (χ1n) is 19.0. The molecule has 14 nitrogen and oxygen atoms in total. The number of nitrogens with one attached hydrogen (secondary N) is 2. The Labute approximate surface area is 338 Å². The highest BCUT2D eigenvalue weighted by Gasteiger charge is 2.42. The van der Waals surface area contributed by atoms with Crippen molar-refractivity contribution < 1.29 is 18.9 Å². The number of carbonyl (C=O) groups is 1. The molecule has 1 atom stereocenters. The molecule has 2 aromatic carbocycles. The van der Waals surface area contributed by atoms with E-state index in [1.807, 2.05) is 62.7 Å². The van der Waals surface area contributed by atoms with Crippen LogP contribution in [0.3, 0.4) is 0 Å². The largest absolute Gasteiger partial charge is 0.372 e. The van der Waals surface area contributed by atoms with Crippen LogP contribution in [0.4, 0.5) is 0 Å². The predicted molar refractivity (Wildman–Crippen MR) is 218 cm³/mol. The molecular formula is C42H36N10O4S2. The van der Waals surface area contributed by atoms with Crippen molar-refractivity contribution in [3.63, 3.8) is 0 Å². The average Bonchev–Trinajstić information content (AvgIpc) is 3.76. The van der Waals surface area contributed by atoms with Gasteiger partial charge in [0.15, 0.2) is 10.6 Å². The highest BCUT2D eigenvalue weighted by molar-refractivity contribution is 7.11. The van der Waals surface area contributed by atoms with Gasteiger partial charge >= 0.3 is 0 Å². The van der Waals surface area contributed by atoms with Gasteiger partial charge in [0.2, 0.25) is 5.78 Å². The number of nitrogens with zero attached hydrogens (tertiary/aromatic N) is 8. The quantitative estimate of drug-likeness (QED) is 0.118. The molecule has 58 heavy (non-hydrogen) atoms. The fourth-order valence-corrected chi connectivity index (χ4v) is 8.96. The number of carbonyl (C=O) groups excluding carboxylic acids is 1. The third-order valence-electron chi connectivity index (χ3n) is 10.7. The third-order valence-corrected chi connectivity index (χ3v) is 12.4. The van der Waals surface area contributed by atoms with Crippen LogP contribution in [-0.4, -0.2) is 61.3 Å². The van der Waals surface area contributed by atoms with Gasteiger partial charge in [-0.05, 0) is 101 Å². The molecule has 2 aliphatic carbocycles. The first kappa shape index (κ1) is 36.1. The SMILES string of the molecule is Cc1noc(C)c1-c1cc(C(=O)c2nccs2)c2nc(C3CC3)[nH]c2c1.Cc1noc(C)c1-c1cc(C(O)(c2cccnn2)c2nccs2)c2nc(C3CC3)[nH]c2c1. The number of ketones is 1. The first-order chi connectivity index (χ1) is 28.2. The molecule has 0 aliphatic heterocycles. The van der Waals surface area contributed by atoms with Crippen LogP contribution in [-0.2, 0) is 5.60 Å². The second-order valence-corrected chi connectivity index (χ2v) is 16.6. The predicted octanol–water partition coefficient (Wildman–Crippen LogP) is 8.64. The highest BCUT2D eigenvalue weighted by atomic mass is 32.1. The van der Waals surface area contributed by atoms with Crippen molar-refractivity contribution in [2.45, 2.75) is 70.8 Å². The van der Waals surface area contributed by atoms with E-state index in [0.29, 0.717) is 55.5 Å². The summed E-state index contributed by atoms with van der Waals surface area (Å²) in [6, 6.07) is 11.4. The minimum absolute atomic E-state index is 0.104. The molecule has 9 aromatic rings. The molecule has 0 saturated heterocycles. The summed E-state index contributed by atoms with van der Waals surface area (Å²) in [5.74, 6) is 4.16. The summed E-state index contributed by atoms with van der Waals surface area (Å²) in [5, 5.41) is 33.4. The van der Waals surface area contributed by atoms with Gasteiger partial charge in [-0.3, -0.25) is 4.79 Å². The number of aromatic amines is 2. The summed E-state index contributed by atoms with van der Waals surface area (Å²) in [6.45, 7) is 7.58. The van der Waals surface area contributed by atoms with Gasteiger partial charge in [0, 0.05) is 57.9 Å². The molecule has 7 heterocycles. The maximum absolute atomic E-state index is 13.1. The Morgan fingerprint density at radius 3 is 1.91 bits per heavy atom. The monoisotopic (exact) mass is 808 g/mol. The molecule has 0 radical (unpaired) electrons. The van der Waals surface area contributed by atoms with Crippen molar-refractivity contribution >= 4 is 50.5 Å². The Hall–Kier alpha value is -6.23. The number of hydrogen-bond acceptors (Lipinski definition) is 14. The number of H-pyrrole nitrogens is 2. The summed E-state index contributed by atoms with van der Waals surface area (Å²) in [4.78, 5) is 38.2. The zero-order chi connectivity index (χ0) is 39.7. The lowest BCUT2D eigenvalue weighted by molar-refractivity contribution is 0.103. The van der Waals surface area contributed by atoms with Crippen LogP contribution in [0.25, 0.3) is 44.3 Å². The van der Waals surface area contributed by atoms with E-state index < -0.39 is 5.60 Å². The van der Waals surface area contributed by atoms with E-state index in [9.17, 15) is 9.90 Å². The molecule has 3 N–H and O–H groups in total. The van der Waals surface area contributed by atoms with Crippen LogP contribution in [0, 0.1) is 27.7 Å². The number of aliphatic hydroxyl groups is 1. The van der Waals surface area contributed by atoms with Crippen LogP contribution < -0.4 is 0 Å². The molecule has 290 valence electrons. The lowest BCUT2D eigenvalue weighted by Crippen LogP contribution is -2.30. The zero-order valence-electron chi connectivity index (χ0n) is 31.9. The van der Waals surface area contributed by atoms with Gasteiger partial charge < -0.3 is 24.1 Å². The van der Waals surface area contributed by atoms with Crippen molar-refractivity contribution in [3.05, 3.63) is 127 Å². The molecule has 2 fully saturated rings. The molecule has 0 amide bonds. The molecular weight excluding hydrogens is 773 g/mol. The molecule has 0 bridgehead atoms. The number of fused-ring (bicyclic) bond motifs is 2. The van der Waals surface area contributed by atoms with Gasteiger partial charge in [-0.25, -0.2) is 19.9 Å². The molecule has 2 aliphatic rings. The van der Waals surface area contributed by atoms with Gasteiger partial charge in [0.1, 0.15) is 33.9 Å². The summed E-state index contributed by atoms with van der Waals surface area (Å²) < 4.78 is 10.7. The Morgan fingerprint density at radius 1 is 0.776 bits per heavy atom. The van der Waals surface area contributed by atoms with Gasteiger partial charge in [0.25, 0.3) is 0 Å². The van der Waals surface area contributed by atoms with Gasteiger partial charge in [0.05, 0.1) is 39.0 Å². The first-order valence-corrected chi connectivity index (χ1v) is 20.7. The number of rotatable bonds is 9. The summed E-state index contributed by atoms with van der Waals surface area (Å²) in [5.41, 5.74) is 8.25. The molecule has 0 spiro atoms. The molecule has 2 saturated carbocycles. The van der Waals surface area contributed by atoms with Crippen LogP contribution >= 0.6 is 22.7 Å². The minimum atomic E-state index is -1.62. The molecule has 1 unspecified atom stereocenters. The average molecular weight is 809 g/mol. The Morgan fingerprint density at radius 2 is 1.38 bits per heavy atom. The fourth-order valence-electron chi connectivity index (χ4n) is 7.61. The number of aryl methyl sites for hydroxylation is 4. The van der Waals surface area contributed by atoms with E-state index in [1.165, 1.54) is 22.7 Å². The van der Waals surface area contributed by atoms with E-state index in [1.54, 1.807) is 30.7 Å². The van der Waals surface area contributed by atoms with Gasteiger partial charge in [-0.2, -0.15) is 10.2 Å². The maximum Gasteiger partial charge on any atom is 0.223 e. The van der Waals surface area contributed by atoms with Crippen molar-refractivity contribution in [2.24, 2.45) is 0 Å². The number of imidazole rings is 2.